The van der Waals surface area contributed by atoms with Crippen molar-refractivity contribution in [3.05, 3.63) is 72.1 Å². The molecule has 1 atom stereocenters. The molecule has 0 saturated carbocycles. The van der Waals surface area contributed by atoms with Crippen molar-refractivity contribution in [3.63, 3.8) is 0 Å². The zero-order chi connectivity index (χ0) is 14.7. The third kappa shape index (κ3) is 2.62. The van der Waals surface area contributed by atoms with Crippen LogP contribution in [0, 0.1) is 5.82 Å². The molecule has 0 spiro atoms. The molecule has 0 bridgehead atoms. The zero-order valence-corrected chi connectivity index (χ0v) is 11.8. The zero-order valence-electron chi connectivity index (χ0n) is 11.8. The second kappa shape index (κ2) is 5.97. The van der Waals surface area contributed by atoms with Crippen LogP contribution in [0.25, 0.3) is 10.8 Å². The predicted octanol–water partition coefficient (Wildman–Crippen LogP) is 3.47. The van der Waals surface area contributed by atoms with Crippen LogP contribution >= 0.6 is 0 Å². The molecule has 3 rings (SSSR count). The number of nitrogens with one attached hydrogen (secondary N) is 1. The normalized spacial score (nSPS) is 12.5. The minimum absolute atomic E-state index is 0.288. The first-order valence-corrected chi connectivity index (χ1v) is 6.97. The molecule has 0 amide bonds. The van der Waals surface area contributed by atoms with Crippen molar-refractivity contribution in [2.45, 2.75) is 13.0 Å². The molecule has 2 heterocycles. The van der Waals surface area contributed by atoms with Crippen LogP contribution in [0.3, 0.4) is 0 Å². The number of benzene rings is 1. The molecule has 3 aromatic rings. The quantitative estimate of drug-likeness (QED) is 0.795. The van der Waals surface area contributed by atoms with E-state index in [-0.39, 0.29) is 11.9 Å². The SMILES string of the molecule is CCNC(c1ccncc1F)c1nccc2ccccc12. The van der Waals surface area contributed by atoms with Gasteiger partial charge in [-0.1, -0.05) is 31.2 Å². The highest BCUT2D eigenvalue weighted by molar-refractivity contribution is 5.85. The highest BCUT2D eigenvalue weighted by Gasteiger charge is 2.20. The van der Waals surface area contributed by atoms with Crippen molar-refractivity contribution in [2.24, 2.45) is 0 Å². The summed E-state index contributed by atoms with van der Waals surface area (Å²) in [6, 6.07) is 11.4. The Kier molecular flexibility index (Phi) is 3.88. The molecule has 2 aromatic heterocycles. The molecule has 1 aromatic carbocycles. The molecular weight excluding hydrogens is 265 g/mol. The van der Waals surface area contributed by atoms with E-state index in [1.807, 2.05) is 37.3 Å². The molecule has 0 fully saturated rings. The summed E-state index contributed by atoms with van der Waals surface area (Å²) in [6.07, 6.45) is 4.61. The number of rotatable bonds is 4. The Hall–Kier alpha value is -2.33. The van der Waals surface area contributed by atoms with Gasteiger partial charge >= 0.3 is 0 Å². The summed E-state index contributed by atoms with van der Waals surface area (Å²) in [5, 5.41) is 5.44. The van der Waals surface area contributed by atoms with Crippen molar-refractivity contribution in [2.75, 3.05) is 6.54 Å². The summed E-state index contributed by atoms with van der Waals surface area (Å²) in [5.74, 6) is -0.321. The molecule has 0 saturated heterocycles. The van der Waals surface area contributed by atoms with Gasteiger partial charge in [-0.15, -0.1) is 0 Å². The van der Waals surface area contributed by atoms with Crippen molar-refractivity contribution in [1.82, 2.24) is 15.3 Å². The van der Waals surface area contributed by atoms with Crippen LogP contribution < -0.4 is 5.32 Å². The van der Waals surface area contributed by atoms with Gasteiger partial charge in [-0.05, 0) is 24.1 Å². The van der Waals surface area contributed by atoms with E-state index in [2.05, 4.69) is 15.3 Å². The van der Waals surface area contributed by atoms with Gasteiger partial charge in [-0.3, -0.25) is 9.97 Å². The smallest absolute Gasteiger partial charge is 0.146 e. The van der Waals surface area contributed by atoms with Crippen LogP contribution in [0.2, 0.25) is 0 Å². The minimum atomic E-state index is -0.321. The third-order valence-corrected chi connectivity index (χ3v) is 3.50. The van der Waals surface area contributed by atoms with Gasteiger partial charge in [0.05, 0.1) is 17.9 Å². The molecule has 0 aliphatic carbocycles. The molecule has 0 aliphatic rings. The Balaban J connectivity index is 2.19. The van der Waals surface area contributed by atoms with Gasteiger partial charge < -0.3 is 5.32 Å². The third-order valence-electron chi connectivity index (χ3n) is 3.50. The van der Waals surface area contributed by atoms with Gasteiger partial charge in [-0.25, -0.2) is 4.39 Å². The van der Waals surface area contributed by atoms with Gasteiger partial charge in [-0.2, -0.15) is 0 Å². The van der Waals surface area contributed by atoms with E-state index >= 15 is 0 Å². The summed E-state index contributed by atoms with van der Waals surface area (Å²) >= 11 is 0. The summed E-state index contributed by atoms with van der Waals surface area (Å²) in [6.45, 7) is 2.72. The maximum Gasteiger partial charge on any atom is 0.146 e. The van der Waals surface area contributed by atoms with E-state index in [1.54, 1.807) is 18.5 Å². The monoisotopic (exact) mass is 281 g/mol. The first kappa shape index (κ1) is 13.6. The van der Waals surface area contributed by atoms with Crippen molar-refractivity contribution in [1.29, 1.82) is 0 Å². The van der Waals surface area contributed by atoms with Crippen LogP contribution in [0.5, 0.6) is 0 Å². The molecule has 1 N–H and O–H groups in total. The Morgan fingerprint density at radius 1 is 1.14 bits per heavy atom. The highest BCUT2D eigenvalue weighted by Crippen LogP contribution is 2.28. The number of fused-ring (bicyclic) bond motifs is 1. The van der Waals surface area contributed by atoms with Gasteiger partial charge in [0.1, 0.15) is 5.82 Å². The largest absolute Gasteiger partial charge is 0.305 e. The average Bonchev–Trinajstić information content (AvgIpc) is 2.53. The highest BCUT2D eigenvalue weighted by atomic mass is 19.1. The van der Waals surface area contributed by atoms with E-state index in [9.17, 15) is 4.39 Å². The summed E-state index contributed by atoms with van der Waals surface area (Å²) in [4.78, 5) is 8.31. The number of pyridine rings is 2. The Labute approximate surface area is 122 Å². The lowest BCUT2D eigenvalue weighted by atomic mass is 9.99. The number of hydrogen-bond donors (Lipinski definition) is 1. The van der Waals surface area contributed by atoms with Gasteiger partial charge in [0.15, 0.2) is 0 Å². The molecule has 106 valence electrons. The van der Waals surface area contributed by atoms with E-state index < -0.39 is 0 Å². The van der Waals surface area contributed by atoms with Gasteiger partial charge in [0.25, 0.3) is 0 Å². The lowest BCUT2D eigenvalue weighted by molar-refractivity contribution is 0.550. The Morgan fingerprint density at radius 2 is 2.00 bits per heavy atom. The molecule has 3 nitrogen and oxygen atoms in total. The fourth-order valence-corrected chi connectivity index (χ4v) is 2.55. The van der Waals surface area contributed by atoms with E-state index in [4.69, 9.17) is 0 Å². The average molecular weight is 281 g/mol. The number of nitrogens with zero attached hydrogens (tertiary/aromatic N) is 2. The maximum absolute atomic E-state index is 14.1. The van der Waals surface area contributed by atoms with E-state index in [0.717, 1.165) is 23.0 Å². The molecule has 21 heavy (non-hydrogen) atoms. The Bertz CT molecular complexity index is 752. The summed E-state index contributed by atoms with van der Waals surface area (Å²) in [7, 11) is 0. The molecule has 4 heteroatoms. The van der Waals surface area contributed by atoms with Crippen molar-refractivity contribution < 1.29 is 4.39 Å². The van der Waals surface area contributed by atoms with Crippen LogP contribution in [0.15, 0.2) is 55.0 Å². The van der Waals surface area contributed by atoms with E-state index in [1.165, 1.54) is 6.20 Å². The lowest BCUT2D eigenvalue weighted by Gasteiger charge is -2.20. The maximum atomic E-state index is 14.1. The standard InChI is InChI=1S/C17H16FN3/c1-2-20-17(14-8-9-19-11-15(14)18)16-13-6-4-3-5-12(13)7-10-21-16/h3-11,17,20H,2H2,1H3. The van der Waals surface area contributed by atoms with Gasteiger partial charge in [0, 0.05) is 23.3 Å². The number of hydrogen-bond acceptors (Lipinski definition) is 3. The fraction of sp³-hybridized carbons (Fsp3) is 0.176. The number of aromatic nitrogens is 2. The Morgan fingerprint density at radius 3 is 2.81 bits per heavy atom. The summed E-state index contributed by atoms with van der Waals surface area (Å²) in [5.41, 5.74) is 1.40. The first-order valence-electron chi connectivity index (χ1n) is 6.97. The van der Waals surface area contributed by atoms with Gasteiger partial charge in [0.2, 0.25) is 0 Å². The molecular formula is C17H16FN3. The predicted molar refractivity (Wildman–Crippen MR) is 81.5 cm³/mol. The van der Waals surface area contributed by atoms with Crippen LogP contribution in [-0.4, -0.2) is 16.5 Å². The number of halogens is 1. The molecule has 0 radical (unpaired) electrons. The van der Waals surface area contributed by atoms with Crippen LogP contribution in [0.1, 0.15) is 24.2 Å². The molecule has 1 unspecified atom stereocenters. The topological polar surface area (TPSA) is 37.8 Å². The van der Waals surface area contributed by atoms with E-state index in [0.29, 0.717) is 5.56 Å². The van der Waals surface area contributed by atoms with Crippen molar-refractivity contribution in [3.8, 4) is 0 Å². The minimum Gasteiger partial charge on any atom is -0.305 e. The van der Waals surface area contributed by atoms with Crippen LogP contribution in [0.4, 0.5) is 4.39 Å². The fourth-order valence-electron chi connectivity index (χ4n) is 2.55. The second-order valence-electron chi connectivity index (χ2n) is 4.81. The second-order valence-corrected chi connectivity index (χ2v) is 4.81. The summed E-state index contributed by atoms with van der Waals surface area (Å²) < 4.78 is 14.1. The first-order chi connectivity index (χ1) is 10.3. The lowest BCUT2D eigenvalue weighted by Crippen LogP contribution is -2.24. The molecule has 0 aliphatic heterocycles. The van der Waals surface area contributed by atoms with Crippen molar-refractivity contribution >= 4 is 10.8 Å². The van der Waals surface area contributed by atoms with Crippen LogP contribution in [-0.2, 0) is 0 Å².